The van der Waals surface area contributed by atoms with Crippen LogP contribution in [0.15, 0.2) is 53.0 Å². The molecule has 0 aliphatic rings. The summed E-state index contributed by atoms with van der Waals surface area (Å²) in [7, 11) is 0. The number of amides is 1. The van der Waals surface area contributed by atoms with Crippen molar-refractivity contribution in [1.29, 1.82) is 0 Å². The predicted octanol–water partition coefficient (Wildman–Crippen LogP) is 4.39. The summed E-state index contributed by atoms with van der Waals surface area (Å²) in [4.78, 5) is 34.8. The highest BCUT2D eigenvalue weighted by molar-refractivity contribution is 7.99. The van der Waals surface area contributed by atoms with E-state index >= 15 is 0 Å². The third kappa shape index (κ3) is 5.14. The van der Waals surface area contributed by atoms with Crippen molar-refractivity contribution >= 4 is 40.4 Å². The van der Waals surface area contributed by atoms with Gasteiger partial charge in [-0.2, -0.15) is 0 Å². The lowest BCUT2D eigenvalue weighted by Crippen LogP contribution is -2.31. The first-order chi connectivity index (χ1) is 13.4. The second-order valence-corrected chi connectivity index (χ2v) is 8.03. The summed E-state index contributed by atoms with van der Waals surface area (Å²) >= 11 is 2.84. The number of thioether (sulfide) groups is 1. The summed E-state index contributed by atoms with van der Waals surface area (Å²) in [5.74, 6) is 0.0562. The number of aromatic nitrogens is 2. The number of nitrogens with zero attached hydrogens (tertiary/aromatic N) is 4. The number of non-ortho nitro benzene ring substituents is 1. The van der Waals surface area contributed by atoms with Crippen LogP contribution in [0, 0.1) is 24.0 Å². The van der Waals surface area contributed by atoms with Gasteiger partial charge in [0.1, 0.15) is 0 Å². The van der Waals surface area contributed by atoms with Crippen molar-refractivity contribution in [3.8, 4) is 0 Å². The van der Waals surface area contributed by atoms with E-state index in [9.17, 15) is 14.9 Å². The summed E-state index contributed by atoms with van der Waals surface area (Å²) in [5, 5.41) is 13.4. The van der Waals surface area contributed by atoms with Gasteiger partial charge in [-0.25, -0.2) is 9.97 Å². The minimum atomic E-state index is -0.456. The standard InChI is InChI=1S/C19H18N4O3S2/c1-13-10-14(2)21-19(20-13)28-12-18(24)22(11-17-4-3-9-27-17)15-5-7-16(8-6-15)23(25)26/h3-10H,11-12H2,1-2H3. The Morgan fingerprint density at radius 1 is 1.18 bits per heavy atom. The van der Waals surface area contributed by atoms with Crippen molar-refractivity contribution in [2.75, 3.05) is 10.7 Å². The molecule has 0 unspecified atom stereocenters. The highest BCUT2D eigenvalue weighted by Gasteiger charge is 2.19. The number of nitro groups is 1. The fourth-order valence-electron chi connectivity index (χ4n) is 2.60. The predicted molar refractivity (Wildman–Crippen MR) is 111 cm³/mol. The Labute approximate surface area is 170 Å². The van der Waals surface area contributed by atoms with Gasteiger partial charge >= 0.3 is 0 Å². The molecule has 3 aromatic rings. The molecule has 2 heterocycles. The zero-order chi connectivity index (χ0) is 20.1. The van der Waals surface area contributed by atoms with E-state index < -0.39 is 4.92 Å². The van der Waals surface area contributed by atoms with Gasteiger partial charge in [-0.3, -0.25) is 14.9 Å². The number of carbonyl (C=O) groups excluding carboxylic acids is 1. The van der Waals surface area contributed by atoms with E-state index in [4.69, 9.17) is 0 Å². The van der Waals surface area contributed by atoms with Crippen LogP contribution in [0.5, 0.6) is 0 Å². The normalized spacial score (nSPS) is 10.6. The number of benzene rings is 1. The van der Waals surface area contributed by atoms with Crippen LogP contribution in [0.25, 0.3) is 0 Å². The van der Waals surface area contributed by atoms with Crippen molar-refractivity contribution in [2.24, 2.45) is 0 Å². The maximum Gasteiger partial charge on any atom is 0.269 e. The molecule has 0 bridgehead atoms. The Hall–Kier alpha value is -2.78. The molecule has 1 aromatic carbocycles. The SMILES string of the molecule is Cc1cc(C)nc(SCC(=O)N(Cc2cccs2)c2ccc([N+](=O)[O-])cc2)n1. The highest BCUT2D eigenvalue weighted by Crippen LogP contribution is 2.24. The minimum absolute atomic E-state index is 0.00900. The zero-order valence-electron chi connectivity index (χ0n) is 15.4. The topological polar surface area (TPSA) is 89.2 Å². The van der Waals surface area contributed by atoms with Crippen LogP contribution in [0.1, 0.15) is 16.3 Å². The second-order valence-electron chi connectivity index (χ2n) is 6.05. The molecule has 1 amide bonds. The number of carbonyl (C=O) groups is 1. The zero-order valence-corrected chi connectivity index (χ0v) is 17.0. The van der Waals surface area contributed by atoms with Crippen LogP contribution in [-0.4, -0.2) is 26.6 Å². The first-order valence-electron chi connectivity index (χ1n) is 8.44. The lowest BCUT2D eigenvalue weighted by atomic mass is 10.2. The van der Waals surface area contributed by atoms with Gasteiger partial charge in [0.05, 0.1) is 17.2 Å². The third-order valence-corrected chi connectivity index (χ3v) is 5.55. The van der Waals surface area contributed by atoms with Crippen molar-refractivity contribution in [2.45, 2.75) is 25.5 Å². The number of rotatable bonds is 7. The van der Waals surface area contributed by atoms with Gasteiger partial charge in [0, 0.05) is 34.1 Å². The Balaban J connectivity index is 1.79. The van der Waals surface area contributed by atoms with Crippen LogP contribution in [0.4, 0.5) is 11.4 Å². The minimum Gasteiger partial charge on any atom is -0.306 e. The summed E-state index contributed by atoms with van der Waals surface area (Å²) in [6, 6.07) is 11.8. The summed E-state index contributed by atoms with van der Waals surface area (Å²) in [6.07, 6.45) is 0. The largest absolute Gasteiger partial charge is 0.306 e. The lowest BCUT2D eigenvalue weighted by Gasteiger charge is -2.22. The fourth-order valence-corrected chi connectivity index (χ4v) is 4.12. The first-order valence-corrected chi connectivity index (χ1v) is 10.3. The number of aryl methyl sites for hydroxylation is 2. The molecule has 0 fully saturated rings. The Kier molecular flexibility index (Phi) is 6.37. The summed E-state index contributed by atoms with van der Waals surface area (Å²) in [6.45, 7) is 4.18. The molecule has 144 valence electrons. The van der Waals surface area contributed by atoms with Crippen LogP contribution in [-0.2, 0) is 11.3 Å². The number of thiophene rings is 1. The summed E-state index contributed by atoms with van der Waals surface area (Å²) in [5.41, 5.74) is 2.32. The summed E-state index contributed by atoms with van der Waals surface area (Å²) < 4.78 is 0. The van der Waals surface area contributed by atoms with E-state index in [-0.39, 0.29) is 17.3 Å². The maximum atomic E-state index is 13.0. The van der Waals surface area contributed by atoms with Crippen molar-refractivity contribution < 1.29 is 9.72 Å². The van der Waals surface area contributed by atoms with E-state index in [0.29, 0.717) is 17.4 Å². The van der Waals surface area contributed by atoms with E-state index in [2.05, 4.69) is 9.97 Å². The molecule has 9 heteroatoms. The molecule has 0 N–H and O–H groups in total. The molecule has 0 spiro atoms. The number of hydrogen-bond acceptors (Lipinski definition) is 7. The van der Waals surface area contributed by atoms with Gasteiger partial charge in [0.15, 0.2) is 5.16 Å². The fraction of sp³-hybridized carbons (Fsp3) is 0.211. The molecule has 0 saturated carbocycles. The molecule has 0 aliphatic carbocycles. The molecular formula is C19H18N4O3S2. The molecule has 7 nitrogen and oxygen atoms in total. The quantitative estimate of drug-likeness (QED) is 0.247. The van der Waals surface area contributed by atoms with Crippen molar-refractivity contribution in [1.82, 2.24) is 9.97 Å². The Morgan fingerprint density at radius 3 is 2.43 bits per heavy atom. The van der Waals surface area contributed by atoms with Crippen LogP contribution < -0.4 is 4.90 Å². The first kappa shape index (κ1) is 20.0. The third-order valence-electron chi connectivity index (χ3n) is 3.85. The highest BCUT2D eigenvalue weighted by atomic mass is 32.2. The maximum absolute atomic E-state index is 13.0. The van der Waals surface area contributed by atoms with Crippen LogP contribution >= 0.6 is 23.1 Å². The van der Waals surface area contributed by atoms with E-state index in [1.807, 2.05) is 37.4 Å². The molecule has 0 radical (unpaired) electrons. The van der Waals surface area contributed by atoms with Gasteiger partial charge < -0.3 is 4.90 Å². The van der Waals surface area contributed by atoms with E-state index in [1.54, 1.807) is 28.4 Å². The van der Waals surface area contributed by atoms with Gasteiger partial charge in [-0.15, -0.1) is 11.3 Å². The van der Waals surface area contributed by atoms with E-state index in [0.717, 1.165) is 16.3 Å². The smallest absolute Gasteiger partial charge is 0.269 e. The van der Waals surface area contributed by atoms with E-state index in [1.165, 1.54) is 23.9 Å². The van der Waals surface area contributed by atoms with Gasteiger partial charge in [-0.05, 0) is 43.5 Å². The number of nitro benzene ring substituents is 1. The monoisotopic (exact) mass is 414 g/mol. The number of hydrogen-bond donors (Lipinski definition) is 0. The van der Waals surface area contributed by atoms with Crippen molar-refractivity contribution in [3.05, 3.63) is 74.2 Å². The second kappa shape index (κ2) is 8.94. The number of anilines is 1. The average molecular weight is 415 g/mol. The van der Waals surface area contributed by atoms with Gasteiger partial charge in [0.25, 0.3) is 5.69 Å². The Bertz CT molecular complexity index is 955. The lowest BCUT2D eigenvalue weighted by molar-refractivity contribution is -0.384. The average Bonchev–Trinajstić information content (AvgIpc) is 3.17. The van der Waals surface area contributed by atoms with Gasteiger partial charge in [0.2, 0.25) is 5.91 Å². The van der Waals surface area contributed by atoms with Crippen molar-refractivity contribution in [3.63, 3.8) is 0 Å². The van der Waals surface area contributed by atoms with Crippen LogP contribution in [0.3, 0.4) is 0 Å². The molecule has 2 aromatic heterocycles. The van der Waals surface area contributed by atoms with Crippen LogP contribution in [0.2, 0.25) is 0 Å². The molecule has 0 aliphatic heterocycles. The Morgan fingerprint density at radius 2 is 1.86 bits per heavy atom. The molecule has 0 saturated heterocycles. The molecular weight excluding hydrogens is 396 g/mol. The van der Waals surface area contributed by atoms with Gasteiger partial charge in [-0.1, -0.05) is 17.8 Å². The molecule has 28 heavy (non-hydrogen) atoms. The molecule has 0 atom stereocenters. The molecule has 3 rings (SSSR count).